The van der Waals surface area contributed by atoms with Gasteiger partial charge in [-0.3, -0.25) is 4.79 Å². The quantitative estimate of drug-likeness (QED) is 0.593. The van der Waals surface area contributed by atoms with Crippen molar-refractivity contribution in [2.24, 2.45) is 17.3 Å². The van der Waals surface area contributed by atoms with E-state index in [0.717, 1.165) is 24.8 Å². The Kier molecular flexibility index (Phi) is 6.45. The van der Waals surface area contributed by atoms with Gasteiger partial charge in [-0.1, -0.05) is 34.6 Å². The summed E-state index contributed by atoms with van der Waals surface area (Å²) in [4.78, 5) is 25.4. The second-order valence-corrected chi connectivity index (χ2v) is 9.62. The monoisotopic (exact) mass is 396 g/mol. The first-order chi connectivity index (χ1) is 12.0. The second kappa shape index (κ2) is 8.05. The predicted molar refractivity (Wildman–Crippen MR) is 110 cm³/mol. The number of rotatable bonds is 3. The van der Waals surface area contributed by atoms with Gasteiger partial charge in [0.15, 0.2) is 5.11 Å². The minimum Gasteiger partial charge on any atom is -0.465 e. The molecule has 144 valence electrons. The highest BCUT2D eigenvalue weighted by Gasteiger charge is 2.34. The van der Waals surface area contributed by atoms with Gasteiger partial charge in [0.05, 0.1) is 12.7 Å². The van der Waals surface area contributed by atoms with Crippen LogP contribution in [0.3, 0.4) is 0 Å². The Bertz CT molecular complexity index is 717. The molecule has 1 aliphatic rings. The number of amides is 1. The fraction of sp³-hybridized carbons (Fsp3) is 0.632. The molecule has 0 aliphatic heterocycles. The molecule has 26 heavy (non-hydrogen) atoms. The van der Waals surface area contributed by atoms with Crippen molar-refractivity contribution in [3.63, 3.8) is 0 Å². The zero-order valence-electron chi connectivity index (χ0n) is 16.3. The Morgan fingerprint density at radius 3 is 2.50 bits per heavy atom. The highest BCUT2D eigenvalue weighted by atomic mass is 32.1. The van der Waals surface area contributed by atoms with Crippen molar-refractivity contribution in [2.45, 2.75) is 53.9 Å². The van der Waals surface area contributed by atoms with Crippen molar-refractivity contribution >= 4 is 45.5 Å². The first-order valence-corrected chi connectivity index (χ1v) is 10.1. The number of esters is 1. The molecule has 0 radical (unpaired) electrons. The molecule has 1 aliphatic carbocycles. The number of fused-ring (bicyclic) bond motifs is 1. The van der Waals surface area contributed by atoms with E-state index >= 15 is 0 Å². The van der Waals surface area contributed by atoms with Gasteiger partial charge in [0, 0.05) is 10.8 Å². The summed E-state index contributed by atoms with van der Waals surface area (Å²) in [6, 6.07) is 0. The number of nitrogens with one attached hydrogen (secondary N) is 2. The van der Waals surface area contributed by atoms with Crippen LogP contribution < -0.4 is 10.6 Å². The number of thiocarbonyl (C=S) groups is 1. The molecular formula is C19H28N2O3S2. The van der Waals surface area contributed by atoms with Crippen molar-refractivity contribution in [3.05, 3.63) is 16.0 Å². The fourth-order valence-corrected chi connectivity index (χ4v) is 4.71. The molecule has 0 fully saturated rings. The van der Waals surface area contributed by atoms with E-state index in [2.05, 4.69) is 31.4 Å². The van der Waals surface area contributed by atoms with Crippen LogP contribution in [-0.2, 0) is 22.4 Å². The molecule has 1 heterocycles. The Labute approximate surface area is 164 Å². The molecule has 5 nitrogen and oxygen atoms in total. The van der Waals surface area contributed by atoms with E-state index in [1.54, 1.807) is 13.8 Å². The zero-order chi connectivity index (χ0) is 19.6. The largest absolute Gasteiger partial charge is 0.465 e. The van der Waals surface area contributed by atoms with Gasteiger partial charge in [0.2, 0.25) is 5.91 Å². The summed E-state index contributed by atoms with van der Waals surface area (Å²) < 4.78 is 4.99. The van der Waals surface area contributed by atoms with Crippen molar-refractivity contribution in [1.82, 2.24) is 5.32 Å². The standard InChI is InChI=1S/C19H28N2O3S2/c1-10(2)15(22)20-18(25)21-16-14(17(23)24-6)12-8-7-11(19(3,4)5)9-13(12)26-16/h10-11H,7-9H2,1-6H3,(H2,20,21,22,25). The molecule has 1 aromatic heterocycles. The predicted octanol–water partition coefficient (Wildman–Crippen LogP) is 4.15. The van der Waals surface area contributed by atoms with Gasteiger partial charge < -0.3 is 15.4 Å². The van der Waals surface area contributed by atoms with Gasteiger partial charge in [0.1, 0.15) is 5.00 Å². The lowest BCUT2D eigenvalue weighted by molar-refractivity contribution is -0.122. The van der Waals surface area contributed by atoms with Crippen molar-refractivity contribution < 1.29 is 14.3 Å². The normalized spacial score (nSPS) is 16.8. The third-order valence-corrected chi connectivity index (χ3v) is 6.24. The van der Waals surface area contributed by atoms with Crippen molar-refractivity contribution in [3.8, 4) is 0 Å². The topological polar surface area (TPSA) is 67.4 Å². The number of carbonyl (C=O) groups excluding carboxylic acids is 2. The zero-order valence-corrected chi connectivity index (χ0v) is 18.0. The van der Waals surface area contributed by atoms with Gasteiger partial charge >= 0.3 is 5.97 Å². The molecule has 1 aromatic rings. The Balaban J connectivity index is 2.29. The Morgan fingerprint density at radius 1 is 1.31 bits per heavy atom. The van der Waals surface area contributed by atoms with E-state index in [4.69, 9.17) is 17.0 Å². The summed E-state index contributed by atoms with van der Waals surface area (Å²) in [5, 5.41) is 6.57. The molecule has 0 saturated carbocycles. The molecule has 0 saturated heterocycles. The highest BCUT2D eigenvalue weighted by molar-refractivity contribution is 7.80. The van der Waals surface area contributed by atoms with Crippen LogP contribution >= 0.6 is 23.6 Å². The highest BCUT2D eigenvalue weighted by Crippen LogP contribution is 2.44. The first-order valence-electron chi connectivity index (χ1n) is 8.89. The Hall–Kier alpha value is -1.47. The number of anilines is 1. The summed E-state index contributed by atoms with van der Waals surface area (Å²) >= 11 is 6.79. The maximum Gasteiger partial charge on any atom is 0.341 e. The number of hydrogen-bond acceptors (Lipinski definition) is 5. The SMILES string of the molecule is COC(=O)c1c(NC(=S)NC(=O)C(C)C)sc2c1CCC(C(C)(C)C)C2. The number of carbonyl (C=O) groups is 2. The van der Waals surface area contributed by atoms with Gasteiger partial charge in [-0.05, 0) is 48.4 Å². The molecule has 0 spiro atoms. The van der Waals surface area contributed by atoms with Crippen LogP contribution in [0, 0.1) is 17.3 Å². The molecule has 1 unspecified atom stereocenters. The van der Waals surface area contributed by atoms with Gasteiger partial charge in [-0.15, -0.1) is 11.3 Å². The maximum atomic E-state index is 12.4. The van der Waals surface area contributed by atoms with Crippen LogP contribution in [0.5, 0.6) is 0 Å². The molecular weight excluding hydrogens is 368 g/mol. The third kappa shape index (κ3) is 4.62. The van der Waals surface area contributed by atoms with Crippen LogP contribution in [-0.4, -0.2) is 24.1 Å². The third-order valence-electron chi connectivity index (χ3n) is 4.87. The molecule has 2 rings (SSSR count). The lowest BCUT2D eigenvalue weighted by Gasteiger charge is -2.33. The maximum absolute atomic E-state index is 12.4. The summed E-state index contributed by atoms with van der Waals surface area (Å²) in [7, 11) is 1.38. The average molecular weight is 397 g/mol. The number of methoxy groups -OCH3 is 1. The van der Waals surface area contributed by atoms with E-state index in [0.29, 0.717) is 16.5 Å². The van der Waals surface area contributed by atoms with Gasteiger partial charge in [-0.25, -0.2) is 4.79 Å². The number of ether oxygens (including phenoxy) is 1. The van der Waals surface area contributed by atoms with E-state index in [9.17, 15) is 9.59 Å². The minimum atomic E-state index is -0.364. The fourth-order valence-electron chi connectivity index (χ4n) is 3.12. The van der Waals surface area contributed by atoms with Crippen LogP contribution in [0.2, 0.25) is 0 Å². The van der Waals surface area contributed by atoms with Crippen LogP contribution in [0.1, 0.15) is 61.8 Å². The Morgan fingerprint density at radius 2 is 1.96 bits per heavy atom. The smallest absolute Gasteiger partial charge is 0.341 e. The summed E-state index contributed by atoms with van der Waals surface area (Å²) in [6.07, 6.45) is 2.84. The minimum absolute atomic E-state index is 0.156. The lowest BCUT2D eigenvalue weighted by atomic mass is 9.72. The molecule has 7 heteroatoms. The molecule has 1 atom stereocenters. The molecule has 0 aromatic carbocycles. The van der Waals surface area contributed by atoms with E-state index in [-0.39, 0.29) is 28.3 Å². The van der Waals surface area contributed by atoms with Crippen LogP contribution in [0.4, 0.5) is 5.00 Å². The molecule has 2 N–H and O–H groups in total. The average Bonchev–Trinajstić information content (AvgIpc) is 2.89. The second-order valence-electron chi connectivity index (χ2n) is 8.10. The summed E-state index contributed by atoms with van der Waals surface area (Å²) in [6.45, 7) is 10.4. The first kappa shape index (κ1) is 20.8. The number of hydrogen-bond donors (Lipinski definition) is 2. The number of thiophene rings is 1. The van der Waals surface area contributed by atoms with Gasteiger partial charge in [0.25, 0.3) is 0 Å². The lowest BCUT2D eigenvalue weighted by Crippen LogP contribution is -2.36. The molecule has 1 amide bonds. The van der Waals surface area contributed by atoms with E-state index in [1.807, 2.05) is 0 Å². The summed E-state index contributed by atoms with van der Waals surface area (Å²) in [5.74, 6) is -0.119. The van der Waals surface area contributed by atoms with Crippen molar-refractivity contribution in [2.75, 3.05) is 12.4 Å². The molecule has 0 bridgehead atoms. The van der Waals surface area contributed by atoms with Crippen LogP contribution in [0.25, 0.3) is 0 Å². The van der Waals surface area contributed by atoms with Crippen LogP contribution in [0.15, 0.2) is 0 Å². The summed E-state index contributed by atoms with van der Waals surface area (Å²) in [5.41, 5.74) is 1.84. The van der Waals surface area contributed by atoms with Gasteiger partial charge in [-0.2, -0.15) is 0 Å². The van der Waals surface area contributed by atoms with E-state index in [1.165, 1.54) is 23.3 Å². The van der Waals surface area contributed by atoms with Crippen molar-refractivity contribution in [1.29, 1.82) is 0 Å². The van der Waals surface area contributed by atoms with E-state index < -0.39 is 0 Å².